The van der Waals surface area contributed by atoms with Gasteiger partial charge in [0.1, 0.15) is 0 Å². The van der Waals surface area contributed by atoms with E-state index in [2.05, 4.69) is 35.1 Å². The molecule has 0 unspecified atom stereocenters. The zero-order valence-corrected chi connectivity index (χ0v) is 9.28. The largest absolute Gasteiger partial charge is 0.262 e. The van der Waals surface area contributed by atoms with E-state index in [1.54, 1.807) is 0 Å². The molecule has 0 saturated carbocycles. The van der Waals surface area contributed by atoms with Crippen LogP contribution < -0.4 is 0 Å². The standard InChI is InChI=1S/C13H14N2/c1-9-6-11(3)15-13(7-9)12-4-5-14-10(2)8-12/h4-8H,1-3H3. The van der Waals surface area contributed by atoms with Crippen LogP contribution in [0.4, 0.5) is 0 Å². The summed E-state index contributed by atoms with van der Waals surface area (Å²) in [6, 6.07) is 8.23. The summed E-state index contributed by atoms with van der Waals surface area (Å²) in [5.41, 5.74) is 5.48. The summed E-state index contributed by atoms with van der Waals surface area (Å²) in [5, 5.41) is 0. The molecule has 2 heteroatoms. The molecule has 2 heterocycles. The summed E-state index contributed by atoms with van der Waals surface area (Å²) in [6.07, 6.45) is 1.82. The van der Waals surface area contributed by atoms with Gasteiger partial charge in [0.2, 0.25) is 0 Å². The van der Waals surface area contributed by atoms with Crippen LogP contribution in [-0.4, -0.2) is 9.97 Å². The van der Waals surface area contributed by atoms with E-state index in [-0.39, 0.29) is 0 Å². The van der Waals surface area contributed by atoms with E-state index in [4.69, 9.17) is 0 Å². The van der Waals surface area contributed by atoms with Crippen molar-refractivity contribution in [2.75, 3.05) is 0 Å². The van der Waals surface area contributed by atoms with Crippen molar-refractivity contribution in [1.29, 1.82) is 0 Å². The lowest BCUT2D eigenvalue weighted by Crippen LogP contribution is -1.90. The van der Waals surface area contributed by atoms with Gasteiger partial charge in [-0.3, -0.25) is 9.97 Å². The molecular weight excluding hydrogens is 184 g/mol. The Kier molecular flexibility index (Phi) is 2.50. The minimum Gasteiger partial charge on any atom is -0.262 e. The second-order valence-electron chi connectivity index (χ2n) is 3.86. The maximum atomic E-state index is 4.52. The summed E-state index contributed by atoms with van der Waals surface area (Å²) >= 11 is 0. The van der Waals surface area contributed by atoms with Crippen LogP contribution in [0, 0.1) is 20.8 Å². The fourth-order valence-corrected chi connectivity index (χ4v) is 1.69. The van der Waals surface area contributed by atoms with Crippen LogP contribution in [0.15, 0.2) is 30.5 Å². The fraction of sp³-hybridized carbons (Fsp3) is 0.231. The van der Waals surface area contributed by atoms with Crippen molar-refractivity contribution in [1.82, 2.24) is 9.97 Å². The number of rotatable bonds is 1. The van der Waals surface area contributed by atoms with Crippen molar-refractivity contribution in [3.05, 3.63) is 47.4 Å². The molecule has 15 heavy (non-hydrogen) atoms. The number of hydrogen-bond acceptors (Lipinski definition) is 2. The van der Waals surface area contributed by atoms with Crippen LogP contribution in [0.5, 0.6) is 0 Å². The molecule has 0 fully saturated rings. The Hall–Kier alpha value is -1.70. The van der Waals surface area contributed by atoms with Crippen molar-refractivity contribution >= 4 is 0 Å². The first-order valence-corrected chi connectivity index (χ1v) is 5.03. The topological polar surface area (TPSA) is 25.8 Å². The van der Waals surface area contributed by atoms with Crippen LogP contribution in [0.2, 0.25) is 0 Å². The average Bonchev–Trinajstić information content (AvgIpc) is 2.16. The Morgan fingerprint density at radius 3 is 2.40 bits per heavy atom. The maximum Gasteiger partial charge on any atom is 0.0709 e. The number of aromatic nitrogens is 2. The third kappa shape index (κ3) is 2.21. The van der Waals surface area contributed by atoms with E-state index in [0.29, 0.717) is 0 Å². The molecule has 76 valence electrons. The first kappa shape index (κ1) is 9.84. The number of pyridine rings is 2. The van der Waals surface area contributed by atoms with Crippen LogP contribution in [0.25, 0.3) is 11.3 Å². The van der Waals surface area contributed by atoms with Crippen LogP contribution in [0.1, 0.15) is 17.0 Å². The Balaban J connectivity index is 2.54. The van der Waals surface area contributed by atoms with Gasteiger partial charge in [0.15, 0.2) is 0 Å². The quantitative estimate of drug-likeness (QED) is 0.703. The van der Waals surface area contributed by atoms with Crippen molar-refractivity contribution in [2.24, 2.45) is 0 Å². The van der Waals surface area contributed by atoms with Gasteiger partial charge in [0.25, 0.3) is 0 Å². The highest BCUT2D eigenvalue weighted by molar-refractivity contribution is 5.60. The van der Waals surface area contributed by atoms with E-state index >= 15 is 0 Å². The van der Waals surface area contributed by atoms with Gasteiger partial charge >= 0.3 is 0 Å². The van der Waals surface area contributed by atoms with E-state index in [9.17, 15) is 0 Å². The molecule has 2 rings (SSSR count). The number of nitrogens with zero attached hydrogens (tertiary/aromatic N) is 2. The van der Waals surface area contributed by atoms with Crippen molar-refractivity contribution in [3.63, 3.8) is 0 Å². The molecule has 2 aromatic rings. The summed E-state index contributed by atoms with van der Waals surface area (Å²) < 4.78 is 0. The lowest BCUT2D eigenvalue weighted by molar-refractivity contribution is 1.16. The molecule has 0 radical (unpaired) electrons. The molecule has 0 saturated heterocycles. The first-order chi connectivity index (χ1) is 7.15. The summed E-state index contributed by atoms with van der Waals surface area (Å²) in [6.45, 7) is 6.10. The predicted octanol–water partition coefficient (Wildman–Crippen LogP) is 3.07. The van der Waals surface area contributed by atoms with Crippen LogP contribution in [-0.2, 0) is 0 Å². The van der Waals surface area contributed by atoms with Gasteiger partial charge in [0.05, 0.1) is 5.69 Å². The van der Waals surface area contributed by atoms with E-state index < -0.39 is 0 Å². The number of hydrogen-bond donors (Lipinski definition) is 0. The summed E-state index contributed by atoms with van der Waals surface area (Å²) in [7, 11) is 0. The van der Waals surface area contributed by atoms with Gasteiger partial charge in [0, 0.05) is 23.1 Å². The highest BCUT2D eigenvalue weighted by Crippen LogP contribution is 2.18. The Bertz CT molecular complexity index is 469. The molecule has 0 spiro atoms. The van der Waals surface area contributed by atoms with Gasteiger partial charge < -0.3 is 0 Å². The van der Waals surface area contributed by atoms with Gasteiger partial charge in [-0.1, -0.05) is 0 Å². The van der Waals surface area contributed by atoms with Gasteiger partial charge in [-0.15, -0.1) is 0 Å². The third-order valence-corrected chi connectivity index (χ3v) is 2.29. The Morgan fingerprint density at radius 1 is 0.933 bits per heavy atom. The Morgan fingerprint density at radius 2 is 1.73 bits per heavy atom. The van der Waals surface area contributed by atoms with Crippen LogP contribution >= 0.6 is 0 Å². The molecule has 0 amide bonds. The second kappa shape index (κ2) is 3.81. The molecular formula is C13H14N2. The van der Waals surface area contributed by atoms with Gasteiger partial charge in [-0.25, -0.2) is 0 Å². The zero-order valence-electron chi connectivity index (χ0n) is 9.28. The van der Waals surface area contributed by atoms with E-state index in [1.165, 1.54) is 5.56 Å². The van der Waals surface area contributed by atoms with Gasteiger partial charge in [-0.2, -0.15) is 0 Å². The fourth-order valence-electron chi connectivity index (χ4n) is 1.69. The molecule has 0 atom stereocenters. The monoisotopic (exact) mass is 198 g/mol. The first-order valence-electron chi connectivity index (χ1n) is 5.03. The van der Waals surface area contributed by atoms with Crippen molar-refractivity contribution < 1.29 is 0 Å². The highest BCUT2D eigenvalue weighted by atomic mass is 14.7. The molecule has 0 aliphatic carbocycles. The second-order valence-corrected chi connectivity index (χ2v) is 3.86. The van der Waals surface area contributed by atoms with Crippen LogP contribution in [0.3, 0.4) is 0 Å². The summed E-state index contributed by atoms with van der Waals surface area (Å²) in [4.78, 5) is 8.70. The predicted molar refractivity (Wildman–Crippen MR) is 61.7 cm³/mol. The molecule has 0 bridgehead atoms. The molecule has 0 aliphatic heterocycles. The minimum absolute atomic E-state index is 1.02. The van der Waals surface area contributed by atoms with E-state index in [0.717, 1.165) is 22.6 Å². The molecule has 0 aliphatic rings. The third-order valence-electron chi connectivity index (χ3n) is 2.29. The Labute approximate surface area is 90.0 Å². The minimum atomic E-state index is 1.02. The molecule has 0 aromatic carbocycles. The molecule has 2 aromatic heterocycles. The van der Waals surface area contributed by atoms with Crippen molar-refractivity contribution in [3.8, 4) is 11.3 Å². The van der Waals surface area contributed by atoms with Gasteiger partial charge in [-0.05, 0) is 50.6 Å². The SMILES string of the molecule is Cc1cc(C)nc(-c2ccnc(C)c2)c1. The highest BCUT2D eigenvalue weighted by Gasteiger charge is 2.01. The molecule has 0 N–H and O–H groups in total. The van der Waals surface area contributed by atoms with Crippen molar-refractivity contribution in [2.45, 2.75) is 20.8 Å². The summed E-state index contributed by atoms with van der Waals surface area (Å²) in [5.74, 6) is 0. The lowest BCUT2D eigenvalue weighted by Gasteiger charge is -2.04. The maximum absolute atomic E-state index is 4.52. The normalized spacial score (nSPS) is 10.3. The lowest BCUT2D eigenvalue weighted by atomic mass is 10.1. The average molecular weight is 198 g/mol. The molecule has 2 nitrogen and oxygen atoms in total. The smallest absolute Gasteiger partial charge is 0.0709 e. The zero-order chi connectivity index (χ0) is 10.8. The number of aryl methyl sites for hydroxylation is 3. The van der Waals surface area contributed by atoms with E-state index in [1.807, 2.05) is 26.1 Å².